The number of ether oxygens (including phenoxy) is 3. The minimum Gasteiger partial charge on any atom is -0.466 e. The van der Waals surface area contributed by atoms with Gasteiger partial charge in [0.1, 0.15) is 31.0 Å². The smallest absolute Gasteiger partial charge is 0.331 e. The Morgan fingerprint density at radius 1 is 1.05 bits per heavy atom. The summed E-state index contributed by atoms with van der Waals surface area (Å²) in [6.45, 7) is -0.480. The van der Waals surface area contributed by atoms with Crippen LogP contribution < -0.4 is 0 Å². The Hall–Kier alpha value is -1.52. The largest absolute Gasteiger partial charge is 0.466 e. The van der Waals surface area contributed by atoms with Crippen molar-refractivity contribution in [1.82, 2.24) is 0 Å². The van der Waals surface area contributed by atoms with Gasteiger partial charge in [0.15, 0.2) is 6.29 Å². The van der Waals surface area contributed by atoms with Gasteiger partial charge >= 0.3 is 11.9 Å². The van der Waals surface area contributed by atoms with Crippen molar-refractivity contribution in [2.24, 2.45) is 0 Å². The number of carbonyl (C=O) groups is 2. The number of rotatable bonds is 4. The normalized spacial score (nSPS) is 34.0. The molecule has 0 aromatic heterocycles. The minimum absolute atomic E-state index is 0.480. The predicted octanol–water partition coefficient (Wildman–Crippen LogP) is -2.94. The van der Waals surface area contributed by atoms with Crippen molar-refractivity contribution in [3.63, 3.8) is 0 Å². The van der Waals surface area contributed by atoms with Crippen molar-refractivity contribution in [2.45, 2.75) is 30.7 Å². The van der Waals surface area contributed by atoms with Gasteiger partial charge in [-0.25, -0.2) is 9.59 Å². The van der Waals surface area contributed by atoms with E-state index in [0.29, 0.717) is 0 Å². The highest BCUT2D eigenvalue weighted by Crippen LogP contribution is 2.20. The highest BCUT2D eigenvalue weighted by atomic mass is 16.6. The molecule has 20 heavy (non-hydrogen) atoms. The van der Waals surface area contributed by atoms with E-state index in [1.54, 1.807) is 0 Å². The number of hydrogen-bond acceptors (Lipinski definition) is 9. The zero-order valence-electron chi connectivity index (χ0n) is 10.6. The van der Waals surface area contributed by atoms with E-state index in [1.165, 1.54) is 0 Å². The van der Waals surface area contributed by atoms with Gasteiger partial charge in [0.25, 0.3) is 0 Å². The first kappa shape index (κ1) is 16.5. The van der Waals surface area contributed by atoms with Gasteiger partial charge in [0.2, 0.25) is 0 Å². The van der Waals surface area contributed by atoms with Crippen LogP contribution in [0, 0.1) is 0 Å². The second-order valence-corrected chi connectivity index (χ2v) is 4.02. The molecule has 114 valence electrons. The molecule has 4 N–H and O–H groups in total. The predicted molar refractivity (Wildman–Crippen MR) is 61.0 cm³/mol. The first-order chi connectivity index (χ1) is 9.36. The Kier molecular flexibility index (Phi) is 6.05. The summed E-state index contributed by atoms with van der Waals surface area (Å²) < 4.78 is 13.7. The highest BCUT2D eigenvalue weighted by Gasteiger charge is 2.43. The molecule has 1 rings (SSSR count). The molecule has 1 fully saturated rings. The second-order valence-electron chi connectivity index (χ2n) is 4.02. The Labute approximate surface area is 114 Å². The van der Waals surface area contributed by atoms with Crippen molar-refractivity contribution in [3.05, 3.63) is 12.2 Å². The average molecular weight is 292 g/mol. The average Bonchev–Trinajstić information content (AvgIpc) is 2.44. The van der Waals surface area contributed by atoms with Crippen molar-refractivity contribution < 1.29 is 44.2 Å². The topological polar surface area (TPSA) is 143 Å². The maximum atomic E-state index is 11.2. The molecular formula is C11H16O9. The molecule has 5 atom stereocenters. The minimum atomic E-state index is -1.71. The summed E-state index contributed by atoms with van der Waals surface area (Å²) >= 11 is 0. The monoisotopic (exact) mass is 292 g/mol. The van der Waals surface area contributed by atoms with E-state index in [1.807, 2.05) is 0 Å². The Bertz CT molecular complexity index is 380. The third kappa shape index (κ3) is 4.25. The van der Waals surface area contributed by atoms with Crippen molar-refractivity contribution in [3.8, 4) is 0 Å². The van der Waals surface area contributed by atoms with Crippen LogP contribution in [-0.4, -0.2) is 76.8 Å². The Morgan fingerprint density at radius 2 is 1.65 bits per heavy atom. The van der Waals surface area contributed by atoms with Gasteiger partial charge in [-0.2, -0.15) is 0 Å². The zero-order valence-corrected chi connectivity index (χ0v) is 10.6. The van der Waals surface area contributed by atoms with Crippen LogP contribution in [-0.2, 0) is 23.8 Å². The summed E-state index contributed by atoms with van der Waals surface area (Å²) in [4.78, 5) is 21.9. The molecule has 1 unspecified atom stereocenters. The van der Waals surface area contributed by atoms with E-state index in [9.17, 15) is 30.0 Å². The van der Waals surface area contributed by atoms with E-state index >= 15 is 0 Å². The Morgan fingerprint density at radius 3 is 2.25 bits per heavy atom. The molecule has 0 aliphatic carbocycles. The molecule has 1 aliphatic heterocycles. The quantitative estimate of drug-likeness (QED) is 0.316. The molecule has 0 spiro atoms. The van der Waals surface area contributed by atoms with Gasteiger partial charge in [-0.1, -0.05) is 0 Å². The van der Waals surface area contributed by atoms with Crippen LogP contribution in [0.2, 0.25) is 0 Å². The van der Waals surface area contributed by atoms with E-state index < -0.39 is 49.3 Å². The van der Waals surface area contributed by atoms with Crippen LogP contribution >= 0.6 is 0 Å². The maximum absolute atomic E-state index is 11.2. The fraction of sp³-hybridized carbons (Fsp3) is 0.636. The number of esters is 2. The van der Waals surface area contributed by atoms with Crippen LogP contribution in [0.4, 0.5) is 0 Å². The number of aliphatic hydroxyl groups is 4. The lowest BCUT2D eigenvalue weighted by molar-refractivity contribution is -0.287. The van der Waals surface area contributed by atoms with Crippen molar-refractivity contribution in [1.29, 1.82) is 0 Å². The second kappa shape index (κ2) is 7.31. The van der Waals surface area contributed by atoms with Crippen LogP contribution in [0.5, 0.6) is 0 Å². The summed E-state index contributed by atoms with van der Waals surface area (Å²) in [5.74, 6) is -1.65. The molecule has 9 heteroatoms. The summed E-state index contributed by atoms with van der Waals surface area (Å²) in [7, 11) is 1.14. The molecule has 9 nitrogen and oxygen atoms in total. The number of hydrogen-bond donors (Lipinski definition) is 4. The first-order valence-electron chi connectivity index (χ1n) is 5.67. The molecule has 0 bridgehead atoms. The van der Waals surface area contributed by atoms with Crippen molar-refractivity contribution >= 4 is 11.9 Å². The number of aliphatic hydroxyl groups excluding tert-OH is 4. The molecule has 0 saturated carbocycles. The molecular weight excluding hydrogens is 276 g/mol. The number of methoxy groups -OCH3 is 1. The van der Waals surface area contributed by atoms with Gasteiger partial charge in [-0.15, -0.1) is 0 Å². The lowest BCUT2D eigenvalue weighted by Crippen LogP contribution is -2.58. The Balaban J connectivity index is 2.47. The summed E-state index contributed by atoms with van der Waals surface area (Å²) in [5, 5.41) is 37.4. The van der Waals surface area contributed by atoms with Gasteiger partial charge in [-0.3, -0.25) is 0 Å². The van der Waals surface area contributed by atoms with E-state index in [0.717, 1.165) is 19.3 Å². The summed E-state index contributed by atoms with van der Waals surface area (Å²) in [6, 6.07) is 0. The fourth-order valence-corrected chi connectivity index (χ4v) is 1.49. The standard InChI is InChI=1S/C11H16O9/c1-18-6(12)2-3-7(13)19-4-5-8(14)9(15)10(16)11(17)20-5/h2-3,5,8-11,14-17H,4H2,1H3/b3-2+/t5-,8+,9+,10-,11?/m1/s1. The van der Waals surface area contributed by atoms with Crippen molar-refractivity contribution in [2.75, 3.05) is 13.7 Å². The highest BCUT2D eigenvalue weighted by molar-refractivity contribution is 5.91. The van der Waals surface area contributed by atoms with Gasteiger partial charge in [0, 0.05) is 12.2 Å². The lowest BCUT2D eigenvalue weighted by atomic mass is 9.99. The van der Waals surface area contributed by atoms with Gasteiger partial charge in [-0.05, 0) is 0 Å². The molecule has 1 aliphatic rings. The SMILES string of the molecule is COC(=O)/C=C/C(=O)OC[C@H]1OC(O)[C@H](O)[C@@H](O)[C@H]1O. The molecule has 0 amide bonds. The van der Waals surface area contributed by atoms with Crippen LogP contribution in [0.3, 0.4) is 0 Å². The third-order valence-electron chi connectivity index (χ3n) is 2.63. The van der Waals surface area contributed by atoms with Crippen LogP contribution in [0.1, 0.15) is 0 Å². The lowest BCUT2D eigenvalue weighted by Gasteiger charge is -2.37. The molecule has 1 saturated heterocycles. The summed E-state index contributed by atoms with van der Waals surface area (Å²) in [5.41, 5.74) is 0. The zero-order chi connectivity index (χ0) is 15.3. The van der Waals surface area contributed by atoms with Crippen LogP contribution in [0.25, 0.3) is 0 Å². The van der Waals surface area contributed by atoms with E-state index in [4.69, 9.17) is 4.74 Å². The van der Waals surface area contributed by atoms with Gasteiger partial charge in [0.05, 0.1) is 7.11 Å². The van der Waals surface area contributed by atoms with E-state index in [2.05, 4.69) is 9.47 Å². The maximum Gasteiger partial charge on any atom is 0.331 e. The first-order valence-corrected chi connectivity index (χ1v) is 5.67. The van der Waals surface area contributed by atoms with E-state index in [-0.39, 0.29) is 0 Å². The molecule has 0 aromatic carbocycles. The fourth-order valence-electron chi connectivity index (χ4n) is 1.49. The van der Waals surface area contributed by atoms with Gasteiger partial charge < -0.3 is 34.6 Å². The molecule has 0 aromatic rings. The number of carbonyl (C=O) groups excluding carboxylic acids is 2. The molecule has 0 radical (unpaired) electrons. The summed E-state index contributed by atoms with van der Waals surface area (Å²) in [6.07, 6.45) is -6.09. The van der Waals surface area contributed by atoms with Crippen LogP contribution in [0.15, 0.2) is 12.2 Å². The molecule has 1 heterocycles. The third-order valence-corrected chi connectivity index (χ3v) is 2.63.